The van der Waals surface area contributed by atoms with Gasteiger partial charge in [-0.1, -0.05) is 97.1 Å². The number of fused-ring (bicyclic) bond motifs is 4. The number of hydrogen-bond acceptors (Lipinski definition) is 12. The number of rotatable bonds is 12. The average Bonchev–Trinajstić information content (AvgIpc) is 0.717. The first-order chi connectivity index (χ1) is 43.4. The Morgan fingerprint density at radius 3 is 0.659 bits per heavy atom. The molecule has 88 heavy (non-hydrogen) atoms. The van der Waals surface area contributed by atoms with Gasteiger partial charge in [-0.15, -0.1) is 0 Å². The maximum absolute atomic E-state index is 4.85. The number of benzene rings is 8. The second-order valence-corrected chi connectivity index (χ2v) is 22.2. The fourth-order valence-electron chi connectivity index (χ4n) is 13.1. The zero-order valence-electron chi connectivity index (χ0n) is 48.6. The number of nitrogens with zero attached hydrogens (tertiary/aromatic N) is 12. The van der Waals surface area contributed by atoms with Gasteiger partial charge in [0.25, 0.3) is 0 Å². The Hall–Kier alpha value is -11.8. The first-order valence-electron chi connectivity index (χ1n) is 29.4. The lowest BCUT2D eigenvalue weighted by Crippen LogP contribution is -2.17. The van der Waals surface area contributed by atoms with E-state index in [0.29, 0.717) is 22.6 Å². The van der Waals surface area contributed by atoms with Gasteiger partial charge in [0.1, 0.15) is 0 Å². The van der Waals surface area contributed by atoms with Crippen molar-refractivity contribution < 1.29 is 0 Å². The molecular formula is C76H54N12. The van der Waals surface area contributed by atoms with E-state index in [0.717, 1.165) is 144 Å². The van der Waals surface area contributed by atoms with Crippen molar-refractivity contribution in [3.05, 3.63) is 278 Å². The zero-order chi connectivity index (χ0) is 59.0. The summed E-state index contributed by atoms with van der Waals surface area (Å²) in [5.41, 5.74) is 18.5. The van der Waals surface area contributed by atoms with Crippen LogP contribution in [-0.2, 0) is 0 Å². The lowest BCUT2D eigenvalue weighted by Gasteiger charge is -2.35. The van der Waals surface area contributed by atoms with Crippen molar-refractivity contribution in [2.75, 3.05) is 19.6 Å². The van der Waals surface area contributed by atoms with Gasteiger partial charge in [-0.25, -0.2) is 39.9 Å². The van der Waals surface area contributed by atoms with Gasteiger partial charge < -0.3 is 19.6 Å². The summed E-state index contributed by atoms with van der Waals surface area (Å²) < 4.78 is 0. The summed E-state index contributed by atoms with van der Waals surface area (Å²) in [5, 5.41) is 9.90. The van der Waals surface area contributed by atoms with Crippen molar-refractivity contribution >= 4 is 145 Å². The van der Waals surface area contributed by atoms with Crippen molar-refractivity contribution in [2.24, 2.45) is 0 Å². The van der Waals surface area contributed by atoms with Crippen LogP contribution in [0.2, 0.25) is 0 Å². The molecule has 0 atom stereocenters. The quantitative estimate of drug-likeness (QED) is 0.108. The van der Waals surface area contributed by atoms with Crippen LogP contribution in [-0.4, -0.2) is 39.9 Å². The van der Waals surface area contributed by atoms with E-state index < -0.39 is 0 Å². The smallest absolute Gasteiger partial charge is 0.161 e. The van der Waals surface area contributed by atoms with Gasteiger partial charge in [0, 0.05) is 126 Å². The largest absolute Gasteiger partial charge is 0.309 e. The number of aromatic nitrogens is 8. The van der Waals surface area contributed by atoms with Crippen LogP contribution in [0.5, 0.6) is 0 Å². The molecule has 0 aliphatic carbocycles. The van der Waals surface area contributed by atoms with E-state index in [9.17, 15) is 0 Å². The molecule has 12 heteroatoms. The Bertz CT molecular complexity index is 4730. The summed E-state index contributed by atoms with van der Waals surface area (Å²) in [6.45, 7) is 8.75. The SMILES string of the molecule is Cc1ccccc1N(c1ccnc2ncccc12)c1cc(N(c2ccccc2C)c2ccnc3ncccc23)c2ccc3c(N(c4ccccc4C)c4ccnc5ncccc45)cc(N(c4ccccc4C)c4ccnc5ncccc45)c4ccc1c2c43. The van der Waals surface area contributed by atoms with Gasteiger partial charge in [-0.05, 0) is 159 Å². The molecule has 8 aromatic carbocycles. The molecule has 12 nitrogen and oxygen atoms in total. The summed E-state index contributed by atoms with van der Waals surface area (Å²) in [5.74, 6) is 0. The molecule has 0 aliphatic heterocycles. The Labute approximate surface area is 507 Å². The highest BCUT2D eigenvalue weighted by molar-refractivity contribution is 6.33. The third-order valence-electron chi connectivity index (χ3n) is 17.1. The number of hydrogen-bond donors (Lipinski definition) is 0. The Morgan fingerprint density at radius 1 is 0.193 bits per heavy atom. The summed E-state index contributed by atoms with van der Waals surface area (Å²) in [7, 11) is 0. The molecule has 0 radical (unpaired) electrons. The van der Waals surface area contributed by atoms with E-state index >= 15 is 0 Å². The van der Waals surface area contributed by atoms with Crippen molar-refractivity contribution in [1.29, 1.82) is 0 Å². The molecule has 16 rings (SSSR count). The van der Waals surface area contributed by atoms with E-state index in [-0.39, 0.29) is 0 Å². The lowest BCUT2D eigenvalue weighted by atomic mass is 9.88. The number of para-hydroxylation sites is 4. The van der Waals surface area contributed by atoms with Crippen LogP contribution in [0, 0.1) is 27.7 Å². The van der Waals surface area contributed by atoms with Gasteiger partial charge >= 0.3 is 0 Å². The monoisotopic (exact) mass is 1130 g/mol. The zero-order valence-corrected chi connectivity index (χ0v) is 48.6. The molecule has 0 amide bonds. The number of pyridine rings is 8. The fourth-order valence-corrected chi connectivity index (χ4v) is 13.1. The summed E-state index contributed by atoms with van der Waals surface area (Å²) in [6.07, 6.45) is 14.7. The third kappa shape index (κ3) is 8.36. The van der Waals surface area contributed by atoms with Gasteiger partial charge in [-0.2, -0.15) is 0 Å². The molecule has 418 valence electrons. The third-order valence-corrected chi connectivity index (χ3v) is 17.1. The second-order valence-electron chi connectivity index (χ2n) is 22.2. The molecule has 0 spiro atoms. The molecule has 16 aromatic rings. The maximum atomic E-state index is 4.85. The first kappa shape index (κ1) is 51.8. The molecule has 0 saturated carbocycles. The normalized spacial score (nSPS) is 11.6. The average molecular weight is 1140 g/mol. The molecule has 0 fully saturated rings. The van der Waals surface area contributed by atoms with Crippen LogP contribution >= 0.6 is 0 Å². The Balaban J connectivity index is 1.15. The highest BCUT2D eigenvalue weighted by Crippen LogP contribution is 2.57. The van der Waals surface area contributed by atoms with Crippen LogP contribution in [0.3, 0.4) is 0 Å². The number of anilines is 12. The Morgan fingerprint density at radius 2 is 0.420 bits per heavy atom. The highest BCUT2D eigenvalue weighted by atomic mass is 15.2. The van der Waals surface area contributed by atoms with Gasteiger partial charge in [0.2, 0.25) is 0 Å². The van der Waals surface area contributed by atoms with Crippen LogP contribution < -0.4 is 19.6 Å². The summed E-state index contributed by atoms with van der Waals surface area (Å²) in [4.78, 5) is 48.5. The minimum Gasteiger partial charge on any atom is -0.309 e. The molecule has 0 unspecified atom stereocenters. The summed E-state index contributed by atoms with van der Waals surface area (Å²) in [6, 6.07) is 73.6. The molecule has 0 aliphatic rings. The van der Waals surface area contributed by atoms with Crippen molar-refractivity contribution in [1.82, 2.24) is 39.9 Å². The van der Waals surface area contributed by atoms with Crippen LogP contribution in [0.4, 0.5) is 68.2 Å². The molecule has 8 aromatic heterocycles. The van der Waals surface area contributed by atoms with E-state index in [1.807, 2.05) is 73.8 Å². The standard InChI is InChI=1S/C76H54N12/c1-47-17-5-9-25-59(47)85(63-33-41-81-73-55(63)21-13-37-77-73)67-45-68(86(60-26-10-6-18-48(60)2)64-34-42-82-74-56(64)22-14-38-78-74)52-31-32-54-70(88(62-28-12-8-20-50(62)4)66-36-44-84-76-58(66)24-16-40-80-76)46-69(53-30-29-51(67)71(52)72(53)54)87(61-27-11-7-19-49(61)3)65-35-43-83-75-57(65)23-15-39-79-75/h5-46H,1-4H3. The minimum atomic E-state index is 0.647. The Kier molecular flexibility index (Phi) is 12.4. The van der Waals surface area contributed by atoms with E-state index in [4.69, 9.17) is 39.9 Å². The molecular weight excluding hydrogens is 1080 g/mol. The van der Waals surface area contributed by atoms with Crippen molar-refractivity contribution in [3.63, 3.8) is 0 Å². The molecule has 8 heterocycles. The van der Waals surface area contributed by atoms with Crippen LogP contribution in [0.15, 0.2) is 256 Å². The minimum absolute atomic E-state index is 0.647. The predicted molar refractivity (Wildman–Crippen MR) is 360 cm³/mol. The van der Waals surface area contributed by atoms with E-state index in [1.165, 1.54) is 0 Å². The molecule has 0 saturated heterocycles. The van der Waals surface area contributed by atoms with Crippen molar-refractivity contribution in [2.45, 2.75) is 27.7 Å². The van der Waals surface area contributed by atoms with Crippen LogP contribution in [0.25, 0.3) is 76.5 Å². The molecule has 0 N–H and O–H groups in total. The lowest BCUT2D eigenvalue weighted by molar-refractivity contribution is 1.22. The van der Waals surface area contributed by atoms with Gasteiger partial charge in [-0.3, -0.25) is 0 Å². The predicted octanol–water partition coefficient (Wildman–Crippen LogP) is 19.5. The maximum Gasteiger partial charge on any atom is 0.161 e. The van der Waals surface area contributed by atoms with Gasteiger partial charge in [0.15, 0.2) is 22.6 Å². The number of aryl methyl sites for hydroxylation is 4. The second kappa shape index (κ2) is 21.1. The highest BCUT2D eigenvalue weighted by Gasteiger charge is 2.32. The molecule has 0 bridgehead atoms. The van der Waals surface area contributed by atoms with E-state index in [1.54, 1.807) is 0 Å². The first-order valence-corrected chi connectivity index (χ1v) is 29.4. The topological polar surface area (TPSA) is 116 Å². The fraction of sp³-hybridized carbons (Fsp3) is 0.0526. The van der Waals surface area contributed by atoms with E-state index in [2.05, 4.69) is 229 Å². The van der Waals surface area contributed by atoms with Crippen molar-refractivity contribution in [3.8, 4) is 0 Å². The van der Waals surface area contributed by atoms with Gasteiger partial charge in [0.05, 0.1) is 45.5 Å². The van der Waals surface area contributed by atoms with Crippen LogP contribution in [0.1, 0.15) is 22.3 Å². The summed E-state index contributed by atoms with van der Waals surface area (Å²) >= 11 is 0.